The lowest BCUT2D eigenvalue weighted by molar-refractivity contribution is 0.190. The van der Waals surface area contributed by atoms with Crippen LogP contribution in [0.2, 0.25) is 0 Å². The van der Waals surface area contributed by atoms with E-state index in [1.54, 1.807) is 13.3 Å². The van der Waals surface area contributed by atoms with E-state index in [-0.39, 0.29) is 6.04 Å². The molecular formula is C18H22N6O2. The van der Waals surface area contributed by atoms with Crippen molar-refractivity contribution in [2.75, 3.05) is 33.8 Å². The Kier molecular flexibility index (Phi) is 4.68. The normalized spacial score (nSPS) is 18.2. The lowest BCUT2D eigenvalue weighted by Gasteiger charge is -2.30. The van der Waals surface area contributed by atoms with Gasteiger partial charge < -0.3 is 14.6 Å². The second-order valence-electron chi connectivity index (χ2n) is 6.43. The third kappa shape index (κ3) is 3.47. The zero-order valence-corrected chi connectivity index (χ0v) is 14.9. The largest absolute Gasteiger partial charge is 0.497 e. The summed E-state index contributed by atoms with van der Waals surface area (Å²) in [5.74, 6) is 2.05. The first kappa shape index (κ1) is 16.7. The van der Waals surface area contributed by atoms with Gasteiger partial charge in [0, 0.05) is 25.8 Å². The molecule has 0 radical (unpaired) electrons. The van der Waals surface area contributed by atoms with Crippen LogP contribution in [0.4, 0.5) is 0 Å². The van der Waals surface area contributed by atoms with Gasteiger partial charge in [-0.25, -0.2) is 0 Å². The molecule has 8 heteroatoms. The number of rotatable bonds is 5. The van der Waals surface area contributed by atoms with Gasteiger partial charge in [0.15, 0.2) is 5.82 Å². The number of aromatic nitrogens is 4. The van der Waals surface area contributed by atoms with Crippen molar-refractivity contribution in [1.82, 2.24) is 30.1 Å². The zero-order chi connectivity index (χ0) is 17.9. The van der Waals surface area contributed by atoms with Gasteiger partial charge in [-0.05, 0) is 24.7 Å². The number of ether oxygens (including phenoxy) is 1. The van der Waals surface area contributed by atoms with Gasteiger partial charge in [-0.15, -0.1) is 0 Å². The lowest BCUT2D eigenvalue weighted by atomic mass is 10.2. The quantitative estimate of drug-likeness (QED) is 0.745. The van der Waals surface area contributed by atoms with Crippen molar-refractivity contribution in [2.24, 2.45) is 0 Å². The minimum atomic E-state index is 0.135. The smallest absolute Gasteiger partial charge is 0.261 e. The van der Waals surface area contributed by atoms with Crippen molar-refractivity contribution < 1.29 is 9.26 Å². The molecule has 1 unspecified atom stereocenters. The van der Waals surface area contributed by atoms with Gasteiger partial charge in [0.2, 0.25) is 0 Å². The number of nitrogens with one attached hydrogen (secondary N) is 1. The maximum absolute atomic E-state index is 5.46. The summed E-state index contributed by atoms with van der Waals surface area (Å²) < 4.78 is 12.5. The molecular weight excluding hydrogens is 332 g/mol. The minimum Gasteiger partial charge on any atom is -0.497 e. The van der Waals surface area contributed by atoms with E-state index in [1.165, 1.54) is 0 Å². The summed E-state index contributed by atoms with van der Waals surface area (Å²) in [6.07, 6.45) is 3.67. The van der Waals surface area contributed by atoms with Crippen LogP contribution in [0.1, 0.15) is 17.4 Å². The number of likely N-dealkylation sites (N-methyl/N-ethyl adjacent to an activating group) is 1. The molecule has 0 amide bonds. The molecule has 1 aliphatic rings. The van der Waals surface area contributed by atoms with Crippen molar-refractivity contribution in [3.8, 4) is 17.2 Å². The molecule has 2 aromatic heterocycles. The van der Waals surface area contributed by atoms with Gasteiger partial charge in [-0.3, -0.25) is 9.58 Å². The van der Waals surface area contributed by atoms with Gasteiger partial charge in [0.05, 0.1) is 31.5 Å². The molecule has 1 fully saturated rings. The number of nitrogens with zero attached hydrogens (tertiary/aromatic N) is 5. The van der Waals surface area contributed by atoms with Crippen LogP contribution in [0.25, 0.3) is 11.5 Å². The maximum atomic E-state index is 5.46. The van der Waals surface area contributed by atoms with Gasteiger partial charge in [-0.1, -0.05) is 17.3 Å². The molecule has 1 saturated heterocycles. The van der Waals surface area contributed by atoms with Gasteiger partial charge in [0.1, 0.15) is 5.75 Å². The number of hydrogen-bond donors (Lipinski definition) is 1. The molecule has 1 aromatic carbocycles. The molecule has 0 bridgehead atoms. The SMILES string of the molecule is COc1ccc(Cn2cc(-c3nc(C4CNCCN4C)no3)cn2)cc1. The number of hydrogen-bond acceptors (Lipinski definition) is 7. The maximum Gasteiger partial charge on any atom is 0.261 e. The number of benzene rings is 1. The van der Waals surface area contributed by atoms with Crippen LogP contribution in [-0.4, -0.2) is 58.6 Å². The molecule has 1 aliphatic heterocycles. The molecule has 1 N–H and O–H groups in total. The Bertz CT molecular complexity index is 857. The molecule has 0 spiro atoms. The Balaban J connectivity index is 1.47. The van der Waals surface area contributed by atoms with E-state index in [9.17, 15) is 0 Å². The second kappa shape index (κ2) is 7.27. The molecule has 3 aromatic rings. The van der Waals surface area contributed by atoms with Crippen LogP contribution < -0.4 is 10.1 Å². The fourth-order valence-electron chi connectivity index (χ4n) is 3.06. The third-order valence-electron chi connectivity index (χ3n) is 4.63. The van der Waals surface area contributed by atoms with Crippen molar-refractivity contribution in [3.63, 3.8) is 0 Å². The van der Waals surface area contributed by atoms with E-state index in [4.69, 9.17) is 9.26 Å². The van der Waals surface area contributed by atoms with Gasteiger partial charge >= 0.3 is 0 Å². The Morgan fingerprint density at radius 2 is 2.15 bits per heavy atom. The number of methoxy groups -OCH3 is 1. The van der Waals surface area contributed by atoms with Crippen LogP contribution in [0.5, 0.6) is 5.75 Å². The molecule has 8 nitrogen and oxygen atoms in total. The minimum absolute atomic E-state index is 0.135. The Morgan fingerprint density at radius 1 is 1.31 bits per heavy atom. The summed E-state index contributed by atoms with van der Waals surface area (Å²) in [5, 5.41) is 11.9. The van der Waals surface area contributed by atoms with Crippen LogP contribution >= 0.6 is 0 Å². The van der Waals surface area contributed by atoms with Crippen LogP contribution in [0.15, 0.2) is 41.2 Å². The van der Waals surface area contributed by atoms with Crippen LogP contribution in [0.3, 0.4) is 0 Å². The second-order valence-corrected chi connectivity index (χ2v) is 6.43. The summed E-state index contributed by atoms with van der Waals surface area (Å²) in [4.78, 5) is 6.80. The van der Waals surface area contributed by atoms with Crippen molar-refractivity contribution in [3.05, 3.63) is 48.0 Å². The van der Waals surface area contributed by atoms with E-state index < -0.39 is 0 Å². The first-order valence-corrected chi connectivity index (χ1v) is 8.63. The van der Waals surface area contributed by atoms with E-state index in [2.05, 4.69) is 32.5 Å². The predicted molar refractivity (Wildman–Crippen MR) is 95.9 cm³/mol. The fourth-order valence-corrected chi connectivity index (χ4v) is 3.06. The van der Waals surface area contributed by atoms with Gasteiger partial charge in [0.25, 0.3) is 5.89 Å². The van der Waals surface area contributed by atoms with Crippen molar-refractivity contribution in [1.29, 1.82) is 0 Å². The fraction of sp³-hybridized carbons (Fsp3) is 0.389. The highest BCUT2D eigenvalue weighted by molar-refractivity contribution is 5.49. The highest BCUT2D eigenvalue weighted by Gasteiger charge is 2.25. The average molecular weight is 354 g/mol. The van der Waals surface area contributed by atoms with Gasteiger partial charge in [-0.2, -0.15) is 10.1 Å². The van der Waals surface area contributed by atoms with Crippen molar-refractivity contribution >= 4 is 0 Å². The van der Waals surface area contributed by atoms with E-state index >= 15 is 0 Å². The molecule has 1 atom stereocenters. The summed E-state index contributed by atoms with van der Waals surface area (Å²) in [7, 11) is 3.74. The Hall–Kier alpha value is -2.71. The monoisotopic (exact) mass is 354 g/mol. The number of piperazine rings is 1. The summed E-state index contributed by atoms with van der Waals surface area (Å²) in [5.41, 5.74) is 1.96. The first-order chi connectivity index (χ1) is 12.7. The third-order valence-corrected chi connectivity index (χ3v) is 4.63. The highest BCUT2D eigenvalue weighted by Crippen LogP contribution is 2.22. The molecule has 0 saturated carbocycles. The van der Waals surface area contributed by atoms with Crippen LogP contribution in [-0.2, 0) is 6.54 Å². The first-order valence-electron chi connectivity index (χ1n) is 8.63. The zero-order valence-electron chi connectivity index (χ0n) is 14.9. The summed E-state index contributed by atoms with van der Waals surface area (Å²) in [6, 6.07) is 8.07. The van der Waals surface area contributed by atoms with E-state index in [1.807, 2.05) is 35.1 Å². The van der Waals surface area contributed by atoms with E-state index in [0.717, 1.165) is 36.5 Å². The highest BCUT2D eigenvalue weighted by atomic mass is 16.5. The summed E-state index contributed by atoms with van der Waals surface area (Å²) >= 11 is 0. The Labute approximate surface area is 151 Å². The topological polar surface area (TPSA) is 81.2 Å². The van der Waals surface area contributed by atoms with E-state index in [0.29, 0.717) is 18.3 Å². The molecule has 26 heavy (non-hydrogen) atoms. The Morgan fingerprint density at radius 3 is 2.92 bits per heavy atom. The van der Waals surface area contributed by atoms with Crippen LogP contribution in [0, 0.1) is 0 Å². The molecule has 4 rings (SSSR count). The molecule has 0 aliphatic carbocycles. The molecule has 136 valence electrons. The molecule has 3 heterocycles. The summed E-state index contributed by atoms with van der Waals surface area (Å²) in [6.45, 7) is 3.44. The lowest BCUT2D eigenvalue weighted by Crippen LogP contribution is -2.44. The van der Waals surface area contributed by atoms with Crippen molar-refractivity contribution in [2.45, 2.75) is 12.6 Å². The standard InChI is InChI=1S/C18H22N6O2/c1-23-8-7-19-10-16(23)17-21-18(26-22-17)14-9-20-24(12-14)11-13-3-5-15(25-2)6-4-13/h3-6,9,12,16,19H,7-8,10-11H2,1-2H3. The predicted octanol–water partition coefficient (Wildman–Crippen LogP) is 1.57. The average Bonchev–Trinajstić information content (AvgIpc) is 3.32.